The number of hydrogen-bond donors (Lipinski definition) is 1. The number of benzene rings is 1. The summed E-state index contributed by atoms with van der Waals surface area (Å²) in [7, 11) is 0. The minimum atomic E-state index is -0.338. The Morgan fingerprint density at radius 2 is 2.12 bits per heavy atom. The molecule has 0 saturated carbocycles. The molecule has 0 aliphatic carbocycles. The number of anilines is 1. The molecule has 0 atom stereocenters. The van der Waals surface area contributed by atoms with Crippen LogP contribution in [0.25, 0.3) is 10.6 Å². The summed E-state index contributed by atoms with van der Waals surface area (Å²) in [6.07, 6.45) is 0. The highest BCUT2D eigenvalue weighted by Gasteiger charge is 2.07. The third-order valence-corrected chi connectivity index (χ3v) is 5.03. The van der Waals surface area contributed by atoms with Crippen LogP contribution in [0.1, 0.15) is 5.56 Å². The van der Waals surface area contributed by atoms with Crippen molar-refractivity contribution in [1.82, 2.24) is 10.2 Å². The molecule has 24 heavy (non-hydrogen) atoms. The van der Waals surface area contributed by atoms with E-state index in [1.807, 2.05) is 29.6 Å². The molecular formula is C17H14FN3OS2. The molecule has 7 heteroatoms. The molecule has 0 aliphatic heterocycles. The molecule has 0 fully saturated rings. The number of aromatic nitrogens is 2. The van der Waals surface area contributed by atoms with Crippen molar-refractivity contribution in [3.05, 3.63) is 59.2 Å². The van der Waals surface area contributed by atoms with Crippen LogP contribution in [-0.4, -0.2) is 21.9 Å². The third kappa shape index (κ3) is 4.18. The first-order valence-electron chi connectivity index (χ1n) is 7.18. The Balaban J connectivity index is 1.55. The van der Waals surface area contributed by atoms with E-state index in [0.717, 1.165) is 10.6 Å². The molecule has 0 unspecified atom stereocenters. The van der Waals surface area contributed by atoms with E-state index in [4.69, 9.17) is 0 Å². The quantitative estimate of drug-likeness (QED) is 0.687. The van der Waals surface area contributed by atoms with Crippen LogP contribution in [0.2, 0.25) is 0 Å². The van der Waals surface area contributed by atoms with Gasteiger partial charge in [0.15, 0.2) is 0 Å². The lowest BCUT2D eigenvalue weighted by atomic mass is 10.2. The zero-order valence-electron chi connectivity index (χ0n) is 12.8. The number of carbonyl (C=O) groups excluding carboxylic acids is 1. The van der Waals surface area contributed by atoms with Gasteiger partial charge in [-0.25, -0.2) is 4.39 Å². The maximum Gasteiger partial charge on any atom is 0.234 e. The molecule has 0 saturated heterocycles. The Morgan fingerprint density at radius 1 is 1.25 bits per heavy atom. The second kappa shape index (κ2) is 7.55. The standard InChI is InChI=1S/C17H14FN3OS2/c1-11-4-5-12(9-13(11)18)19-16(22)10-24-17-7-6-14(20-21-17)15-3-2-8-23-15/h2-9H,10H2,1H3,(H,19,22). The molecule has 0 radical (unpaired) electrons. The fourth-order valence-electron chi connectivity index (χ4n) is 1.96. The number of hydrogen-bond acceptors (Lipinski definition) is 5. The van der Waals surface area contributed by atoms with Gasteiger partial charge in [0.05, 0.1) is 10.6 Å². The van der Waals surface area contributed by atoms with Gasteiger partial charge >= 0.3 is 0 Å². The average Bonchev–Trinajstić information content (AvgIpc) is 3.11. The van der Waals surface area contributed by atoms with Crippen LogP contribution in [0, 0.1) is 12.7 Å². The van der Waals surface area contributed by atoms with Crippen molar-refractivity contribution in [2.24, 2.45) is 0 Å². The van der Waals surface area contributed by atoms with E-state index in [0.29, 0.717) is 16.3 Å². The number of carbonyl (C=O) groups is 1. The molecule has 0 aliphatic rings. The first kappa shape index (κ1) is 16.6. The van der Waals surface area contributed by atoms with Crippen molar-refractivity contribution in [2.75, 3.05) is 11.1 Å². The van der Waals surface area contributed by atoms with Crippen LogP contribution in [0.4, 0.5) is 10.1 Å². The van der Waals surface area contributed by atoms with Crippen molar-refractivity contribution in [3.63, 3.8) is 0 Å². The average molecular weight is 359 g/mol. The number of rotatable bonds is 5. The van der Waals surface area contributed by atoms with Crippen LogP contribution in [-0.2, 0) is 4.79 Å². The summed E-state index contributed by atoms with van der Waals surface area (Å²) in [6.45, 7) is 1.68. The van der Waals surface area contributed by atoms with Gasteiger partial charge in [-0.2, -0.15) is 0 Å². The normalized spacial score (nSPS) is 10.6. The molecular weight excluding hydrogens is 345 g/mol. The van der Waals surface area contributed by atoms with Crippen LogP contribution < -0.4 is 5.32 Å². The van der Waals surface area contributed by atoms with Crippen molar-refractivity contribution in [3.8, 4) is 10.6 Å². The Bertz CT molecular complexity index is 836. The molecule has 2 aromatic heterocycles. The number of thiophene rings is 1. The van der Waals surface area contributed by atoms with Crippen molar-refractivity contribution in [2.45, 2.75) is 11.9 Å². The minimum absolute atomic E-state index is 0.183. The molecule has 1 aromatic carbocycles. The SMILES string of the molecule is Cc1ccc(NC(=O)CSc2ccc(-c3cccs3)nn2)cc1F. The van der Waals surface area contributed by atoms with E-state index in [2.05, 4.69) is 15.5 Å². The van der Waals surface area contributed by atoms with Crippen molar-refractivity contribution >= 4 is 34.7 Å². The van der Waals surface area contributed by atoms with E-state index < -0.39 is 0 Å². The topological polar surface area (TPSA) is 54.9 Å². The zero-order valence-corrected chi connectivity index (χ0v) is 14.5. The Kier molecular flexibility index (Phi) is 5.22. The highest BCUT2D eigenvalue weighted by Crippen LogP contribution is 2.23. The van der Waals surface area contributed by atoms with Gasteiger partial charge in [-0.1, -0.05) is 23.9 Å². The molecule has 0 spiro atoms. The van der Waals surface area contributed by atoms with Gasteiger partial charge in [0.1, 0.15) is 16.5 Å². The molecule has 3 rings (SSSR count). The van der Waals surface area contributed by atoms with Gasteiger partial charge in [-0.05, 0) is 48.2 Å². The fraction of sp³-hybridized carbons (Fsp3) is 0.118. The van der Waals surface area contributed by atoms with Gasteiger partial charge in [-0.3, -0.25) is 4.79 Å². The largest absolute Gasteiger partial charge is 0.325 e. The number of nitrogens with one attached hydrogen (secondary N) is 1. The molecule has 1 N–H and O–H groups in total. The predicted molar refractivity (Wildman–Crippen MR) is 95.8 cm³/mol. The lowest BCUT2D eigenvalue weighted by molar-refractivity contribution is -0.113. The molecule has 2 heterocycles. The molecule has 3 aromatic rings. The predicted octanol–water partition coefficient (Wildman–Crippen LogP) is 4.38. The Hall–Kier alpha value is -2.25. The van der Waals surface area contributed by atoms with E-state index in [1.165, 1.54) is 17.8 Å². The van der Waals surface area contributed by atoms with Crippen LogP contribution in [0.15, 0.2) is 52.9 Å². The van der Waals surface area contributed by atoms with Gasteiger partial charge in [0.25, 0.3) is 0 Å². The first-order valence-corrected chi connectivity index (χ1v) is 9.05. The second-order valence-electron chi connectivity index (χ2n) is 5.03. The molecule has 1 amide bonds. The van der Waals surface area contributed by atoms with Crippen molar-refractivity contribution in [1.29, 1.82) is 0 Å². The smallest absolute Gasteiger partial charge is 0.234 e. The van der Waals surface area contributed by atoms with Crippen LogP contribution in [0.5, 0.6) is 0 Å². The maximum atomic E-state index is 13.5. The lowest BCUT2D eigenvalue weighted by Crippen LogP contribution is -2.14. The van der Waals surface area contributed by atoms with E-state index >= 15 is 0 Å². The summed E-state index contributed by atoms with van der Waals surface area (Å²) in [5, 5.41) is 13.6. The Labute approximate surface area is 147 Å². The summed E-state index contributed by atoms with van der Waals surface area (Å²) in [5.41, 5.74) is 1.81. The second-order valence-corrected chi connectivity index (χ2v) is 6.98. The van der Waals surface area contributed by atoms with Crippen LogP contribution in [0.3, 0.4) is 0 Å². The van der Waals surface area contributed by atoms with Gasteiger partial charge in [0, 0.05) is 5.69 Å². The Morgan fingerprint density at radius 3 is 2.79 bits per heavy atom. The first-order chi connectivity index (χ1) is 11.6. The summed E-state index contributed by atoms with van der Waals surface area (Å²) in [4.78, 5) is 13.0. The van der Waals surface area contributed by atoms with Crippen LogP contribution >= 0.6 is 23.1 Å². The minimum Gasteiger partial charge on any atom is -0.325 e. The number of nitrogens with zero attached hydrogens (tertiary/aromatic N) is 2. The molecule has 0 bridgehead atoms. The van der Waals surface area contributed by atoms with E-state index in [1.54, 1.807) is 30.4 Å². The third-order valence-electron chi connectivity index (χ3n) is 3.22. The molecule has 122 valence electrons. The zero-order chi connectivity index (χ0) is 16.9. The maximum absolute atomic E-state index is 13.5. The van der Waals surface area contributed by atoms with E-state index in [-0.39, 0.29) is 17.5 Å². The van der Waals surface area contributed by atoms with Gasteiger partial charge in [0.2, 0.25) is 5.91 Å². The number of thioether (sulfide) groups is 1. The number of halogens is 1. The van der Waals surface area contributed by atoms with Crippen molar-refractivity contribution < 1.29 is 9.18 Å². The molecule has 4 nitrogen and oxygen atoms in total. The monoisotopic (exact) mass is 359 g/mol. The summed E-state index contributed by atoms with van der Waals surface area (Å²) < 4.78 is 13.5. The number of aryl methyl sites for hydroxylation is 1. The van der Waals surface area contributed by atoms with Gasteiger partial charge < -0.3 is 5.32 Å². The highest BCUT2D eigenvalue weighted by molar-refractivity contribution is 7.99. The summed E-state index contributed by atoms with van der Waals surface area (Å²) in [5.74, 6) is -0.370. The summed E-state index contributed by atoms with van der Waals surface area (Å²) >= 11 is 2.88. The summed E-state index contributed by atoms with van der Waals surface area (Å²) in [6, 6.07) is 12.3. The van der Waals surface area contributed by atoms with E-state index in [9.17, 15) is 9.18 Å². The fourth-order valence-corrected chi connectivity index (χ4v) is 3.26. The van der Waals surface area contributed by atoms with Gasteiger partial charge in [-0.15, -0.1) is 21.5 Å². The lowest BCUT2D eigenvalue weighted by Gasteiger charge is -2.06. The highest BCUT2D eigenvalue weighted by atomic mass is 32.2. The number of amides is 1.